The molecule has 88 valence electrons. The van der Waals surface area contributed by atoms with Crippen LogP contribution in [0.15, 0.2) is 30.3 Å². The zero-order chi connectivity index (χ0) is 12.6. The number of rotatable bonds is 1. The first-order chi connectivity index (χ1) is 7.99. The highest BCUT2D eigenvalue weighted by Crippen LogP contribution is 2.29. The van der Waals surface area contributed by atoms with E-state index >= 15 is 0 Å². The summed E-state index contributed by atoms with van der Waals surface area (Å²) in [5, 5.41) is 0. The lowest BCUT2D eigenvalue weighted by atomic mass is 9.95. The third-order valence-electron chi connectivity index (χ3n) is 2.79. The van der Waals surface area contributed by atoms with Gasteiger partial charge in [0.05, 0.1) is 5.69 Å². The minimum absolute atomic E-state index is 0.117. The van der Waals surface area contributed by atoms with Gasteiger partial charge in [0.15, 0.2) is 0 Å². The molecule has 0 fully saturated rings. The van der Waals surface area contributed by atoms with Crippen molar-refractivity contribution in [3.63, 3.8) is 0 Å². The second-order valence-electron chi connectivity index (χ2n) is 4.15. The van der Waals surface area contributed by atoms with E-state index in [0.29, 0.717) is 5.56 Å². The van der Waals surface area contributed by atoms with Gasteiger partial charge in [0, 0.05) is 0 Å². The van der Waals surface area contributed by atoms with Gasteiger partial charge >= 0.3 is 0 Å². The molecule has 1 nitrogen and oxygen atoms in total. The van der Waals surface area contributed by atoms with Crippen LogP contribution in [-0.2, 0) is 0 Å². The molecule has 0 amide bonds. The maximum absolute atomic E-state index is 13.4. The van der Waals surface area contributed by atoms with Crippen LogP contribution in [-0.4, -0.2) is 0 Å². The molecule has 0 aliphatic rings. The number of nitrogen functional groups attached to an aromatic ring is 1. The first-order valence-electron chi connectivity index (χ1n) is 5.31. The van der Waals surface area contributed by atoms with Crippen molar-refractivity contribution in [3.8, 4) is 11.1 Å². The van der Waals surface area contributed by atoms with Crippen molar-refractivity contribution >= 4 is 5.69 Å². The number of aryl methyl sites for hydroxylation is 2. The first-order valence-corrected chi connectivity index (χ1v) is 5.31. The highest BCUT2D eigenvalue weighted by atomic mass is 19.1. The van der Waals surface area contributed by atoms with Gasteiger partial charge in [-0.25, -0.2) is 8.78 Å². The molecule has 0 radical (unpaired) electrons. The Hall–Kier alpha value is -1.90. The lowest BCUT2D eigenvalue weighted by Crippen LogP contribution is -1.94. The van der Waals surface area contributed by atoms with Crippen LogP contribution < -0.4 is 5.73 Å². The van der Waals surface area contributed by atoms with Crippen molar-refractivity contribution in [3.05, 3.63) is 53.1 Å². The molecule has 3 heteroatoms. The van der Waals surface area contributed by atoms with Crippen LogP contribution in [0.25, 0.3) is 11.1 Å². The molecule has 2 aromatic carbocycles. The Bertz CT molecular complexity index is 553. The molecule has 0 aliphatic carbocycles. The SMILES string of the molecule is Cc1cc(F)cc(C)c1-c1ccc(N)c(F)c1. The lowest BCUT2D eigenvalue weighted by Gasteiger charge is -2.11. The van der Waals surface area contributed by atoms with Crippen LogP contribution in [0.5, 0.6) is 0 Å². The van der Waals surface area contributed by atoms with E-state index in [1.54, 1.807) is 19.9 Å². The highest BCUT2D eigenvalue weighted by molar-refractivity contribution is 5.72. The Morgan fingerprint density at radius 3 is 2.06 bits per heavy atom. The summed E-state index contributed by atoms with van der Waals surface area (Å²) in [5.74, 6) is -0.731. The zero-order valence-electron chi connectivity index (χ0n) is 9.72. The summed E-state index contributed by atoms with van der Waals surface area (Å²) in [5.41, 5.74) is 8.68. The smallest absolute Gasteiger partial charge is 0.146 e. The predicted octanol–water partition coefficient (Wildman–Crippen LogP) is 3.83. The first kappa shape index (κ1) is 11.6. The van der Waals surface area contributed by atoms with Gasteiger partial charge < -0.3 is 5.73 Å². The van der Waals surface area contributed by atoms with E-state index in [4.69, 9.17) is 5.73 Å². The fraction of sp³-hybridized carbons (Fsp3) is 0.143. The molecule has 0 atom stereocenters. The van der Waals surface area contributed by atoms with E-state index in [9.17, 15) is 8.78 Å². The van der Waals surface area contributed by atoms with Crippen LogP contribution in [0.3, 0.4) is 0 Å². The van der Waals surface area contributed by atoms with Gasteiger partial charge in [-0.15, -0.1) is 0 Å². The monoisotopic (exact) mass is 233 g/mol. The number of benzene rings is 2. The van der Waals surface area contributed by atoms with Crippen molar-refractivity contribution in [1.29, 1.82) is 0 Å². The third kappa shape index (κ3) is 2.13. The largest absolute Gasteiger partial charge is 0.396 e. The maximum Gasteiger partial charge on any atom is 0.146 e. The number of anilines is 1. The van der Waals surface area contributed by atoms with Crippen molar-refractivity contribution in [1.82, 2.24) is 0 Å². The molecule has 0 saturated heterocycles. The van der Waals surface area contributed by atoms with Crippen molar-refractivity contribution < 1.29 is 8.78 Å². The quantitative estimate of drug-likeness (QED) is 0.744. The van der Waals surface area contributed by atoms with E-state index in [1.165, 1.54) is 24.3 Å². The van der Waals surface area contributed by atoms with Gasteiger partial charge in [0.2, 0.25) is 0 Å². The van der Waals surface area contributed by atoms with Crippen molar-refractivity contribution in [2.45, 2.75) is 13.8 Å². The summed E-state index contributed by atoms with van der Waals surface area (Å²) >= 11 is 0. The summed E-state index contributed by atoms with van der Waals surface area (Å²) in [6.07, 6.45) is 0. The Morgan fingerprint density at radius 2 is 1.53 bits per heavy atom. The molecular formula is C14H13F2N. The molecule has 0 unspecified atom stereocenters. The summed E-state index contributed by atoms with van der Waals surface area (Å²) in [4.78, 5) is 0. The fourth-order valence-electron chi connectivity index (χ4n) is 2.05. The van der Waals surface area contributed by atoms with Gasteiger partial charge in [0.1, 0.15) is 11.6 Å². The summed E-state index contributed by atoms with van der Waals surface area (Å²) in [6, 6.07) is 7.52. The number of hydrogen-bond acceptors (Lipinski definition) is 1. The van der Waals surface area contributed by atoms with Crippen LogP contribution in [0.1, 0.15) is 11.1 Å². The zero-order valence-corrected chi connectivity index (χ0v) is 9.72. The molecule has 17 heavy (non-hydrogen) atoms. The van der Waals surface area contributed by atoms with Gasteiger partial charge in [-0.1, -0.05) is 6.07 Å². The Balaban J connectivity index is 2.64. The highest BCUT2D eigenvalue weighted by Gasteiger charge is 2.09. The van der Waals surface area contributed by atoms with Gasteiger partial charge in [-0.2, -0.15) is 0 Å². The number of hydrogen-bond donors (Lipinski definition) is 1. The normalized spacial score (nSPS) is 10.6. The predicted molar refractivity (Wildman–Crippen MR) is 65.7 cm³/mol. The molecule has 0 spiro atoms. The molecule has 0 saturated carbocycles. The van der Waals surface area contributed by atoms with Crippen LogP contribution >= 0.6 is 0 Å². The van der Waals surface area contributed by atoms with Crippen LogP contribution in [0.4, 0.5) is 14.5 Å². The average molecular weight is 233 g/mol. The van der Waals surface area contributed by atoms with Crippen molar-refractivity contribution in [2.75, 3.05) is 5.73 Å². The fourth-order valence-corrected chi connectivity index (χ4v) is 2.05. The maximum atomic E-state index is 13.4. The molecule has 0 bridgehead atoms. The molecule has 2 aromatic rings. The molecule has 0 heterocycles. The average Bonchev–Trinajstić information content (AvgIpc) is 2.21. The topological polar surface area (TPSA) is 26.0 Å². The summed E-state index contributed by atoms with van der Waals surface area (Å²) in [6.45, 7) is 3.61. The van der Waals surface area contributed by atoms with E-state index < -0.39 is 5.82 Å². The number of nitrogens with two attached hydrogens (primary N) is 1. The second kappa shape index (κ2) is 4.17. The van der Waals surface area contributed by atoms with Gasteiger partial charge in [0.25, 0.3) is 0 Å². The third-order valence-corrected chi connectivity index (χ3v) is 2.79. The standard InChI is InChI=1S/C14H13F2N/c1-8-5-11(15)6-9(2)14(8)10-3-4-13(17)12(16)7-10/h3-7H,17H2,1-2H3. The van der Waals surface area contributed by atoms with Crippen LogP contribution in [0.2, 0.25) is 0 Å². The van der Waals surface area contributed by atoms with E-state index in [2.05, 4.69) is 0 Å². The van der Waals surface area contributed by atoms with Gasteiger partial charge in [-0.05, 0) is 60.4 Å². The van der Waals surface area contributed by atoms with Crippen molar-refractivity contribution in [2.24, 2.45) is 0 Å². The minimum Gasteiger partial charge on any atom is -0.396 e. The van der Waals surface area contributed by atoms with Gasteiger partial charge in [-0.3, -0.25) is 0 Å². The molecule has 0 aliphatic heterocycles. The Morgan fingerprint density at radius 1 is 0.941 bits per heavy atom. The van der Waals surface area contributed by atoms with E-state index in [-0.39, 0.29) is 11.5 Å². The van der Waals surface area contributed by atoms with Crippen LogP contribution in [0, 0.1) is 25.5 Å². The summed E-state index contributed by atoms with van der Waals surface area (Å²) < 4.78 is 26.6. The second-order valence-corrected chi connectivity index (χ2v) is 4.15. The molecule has 2 rings (SSSR count). The molecule has 2 N–H and O–H groups in total. The Kier molecular flexibility index (Phi) is 2.84. The Labute approximate surface area is 98.9 Å². The van der Waals surface area contributed by atoms with E-state index in [0.717, 1.165) is 16.7 Å². The summed E-state index contributed by atoms with van der Waals surface area (Å²) in [7, 11) is 0. The minimum atomic E-state index is -0.453. The number of halogens is 2. The van der Waals surface area contributed by atoms with E-state index in [1.807, 2.05) is 0 Å². The molecular weight excluding hydrogens is 220 g/mol. The molecule has 0 aromatic heterocycles. The lowest BCUT2D eigenvalue weighted by molar-refractivity contribution is 0.625.